The zero-order valence-electron chi connectivity index (χ0n) is 15.4. The van der Waals surface area contributed by atoms with Gasteiger partial charge in [-0.15, -0.1) is 23.5 Å². The standard InChI is InChI=1S/C21H23FN2O2S2/c22-17-10-5-4-7-15(17)13-19-21(26)24-18(14-28-19)20(25)23-11-6-12-27-16-8-2-1-3-9-16/h1-5,7-10,18-19H,6,11-14H2,(H,23,25)(H,24,26)/t18-,19-/m1/s1. The van der Waals surface area contributed by atoms with E-state index >= 15 is 0 Å². The maximum absolute atomic E-state index is 13.8. The van der Waals surface area contributed by atoms with Crippen molar-refractivity contribution in [3.05, 3.63) is 66.0 Å². The fourth-order valence-corrected chi connectivity index (χ4v) is 4.91. The molecule has 7 heteroatoms. The highest BCUT2D eigenvalue weighted by molar-refractivity contribution is 8.00. The van der Waals surface area contributed by atoms with Gasteiger partial charge in [-0.1, -0.05) is 36.4 Å². The van der Waals surface area contributed by atoms with Gasteiger partial charge in [0, 0.05) is 17.2 Å². The summed E-state index contributed by atoms with van der Waals surface area (Å²) < 4.78 is 13.8. The van der Waals surface area contributed by atoms with Crippen molar-refractivity contribution in [3.63, 3.8) is 0 Å². The molecule has 0 aromatic heterocycles. The molecule has 0 bridgehead atoms. The van der Waals surface area contributed by atoms with Gasteiger partial charge in [0.15, 0.2) is 0 Å². The number of halogens is 1. The molecule has 1 aliphatic rings. The molecule has 2 aromatic rings. The number of hydrogen-bond donors (Lipinski definition) is 2. The van der Waals surface area contributed by atoms with Crippen molar-refractivity contribution in [2.75, 3.05) is 18.1 Å². The fraction of sp³-hybridized carbons (Fsp3) is 0.333. The number of benzene rings is 2. The summed E-state index contributed by atoms with van der Waals surface area (Å²) in [5.74, 6) is 0.745. The van der Waals surface area contributed by atoms with Crippen LogP contribution in [0.1, 0.15) is 12.0 Å². The molecule has 0 saturated carbocycles. The molecule has 0 aliphatic carbocycles. The van der Waals surface area contributed by atoms with Gasteiger partial charge in [0.25, 0.3) is 0 Å². The molecule has 2 atom stereocenters. The fourth-order valence-electron chi connectivity index (χ4n) is 2.86. The topological polar surface area (TPSA) is 58.2 Å². The number of carbonyl (C=O) groups excluding carboxylic acids is 2. The van der Waals surface area contributed by atoms with E-state index in [1.54, 1.807) is 30.0 Å². The molecule has 148 valence electrons. The third-order valence-corrected chi connectivity index (χ3v) is 6.79. The maximum Gasteiger partial charge on any atom is 0.243 e. The van der Waals surface area contributed by atoms with Gasteiger partial charge < -0.3 is 10.6 Å². The van der Waals surface area contributed by atoms with Gasteiger partial charge in [0.2, 0.25) is 11.8 Å². The van der Waals surface area contributed by atoms with Crippen LogP contribution in [0.4, 0.5) is 4.39 Å². The summed E-state index contributed by atoms with van der Waals surface area (Å²) in [4.78, 5) is 25.8. The second-order valence-corrected chi connectivity index (χ2v) is 8.89. The molecule has 4 nitrogen and oxygen atoms in total. The normalized spacial score (nSPS) is 19.1. The summed E-state index contributed by atoms with van der Waals surface area (Å²) in [5, 5.41) is 5.29. The summed E-state index contributed by atoms with van der Waals surface area (Å²) >= 11 is 3.16. The molecule has 1 saturated heterocycles. The van der Waals surface area contributed by atoms with Crippen molar-refractivity contribution in [3.8, 4) is 0 Å². The Labute approximate surface area is 173 Å². The first-order valence-corrected chi connectivity index (χ1v) is 11.3. The lowest BCUT2D eigenvalue weighted by molar-refractivity contribution is -0.128. The van der Waals surface area contributed by atoms with Crippen molar-refractivity contribution < 1.29 is 14.0 Å². The van der Waals surface area contributed by atoms with E-state index in [-0.39, 0.29) is 22.9 Å². The third-order valence-electron chi connectivity index (χ3n) is 4.38. The molecule has 3 rings (SSSR count). The zero-order chi connectivity index (χ0) is 19.8. The van der Waals surface area contributed by atoms with Gasteiger partial charge in [0.1, 0.15) is 11.9 Å². The Morgan fingerprint density at radius 1 is 1.18 bits per heavy atom. The highest BCUT2D eigenvalue weighted by atomic mass is 32.2. The van der Waals surface area contributed by atoms with E-state index in [0.29, 0.717) is 24.3 Å². The Morgan fingerprint density at radius 3 is 2.68 bits per heavy atom. The van der Waals surface area contributed by atoms with Crippen LogP contribution >= 0.6 is 23.5 Å². The average molecular weight is 419 g/mol. The first-order valence-electron chi connectivity index (χ1n) is 9.24. The van der Waals surface area contributed by atoms with E-state index < -0.39 is 6.04 Å². The van der Waals surface area contributed by atoms with Crippen LogP contribution in [-0.2, 0) is 16.0 Å². The van der Waals surface area contributed by atoms with E-state index in [1.165, 1.54) is 22.7 Å². The van der Waals surface area contributed by atoms with E-state index in [2.05, 4.69) is 22.8 Å². The first kappa shape index (κ1) is 20.7. The Morgan fingerprint density at radius 2 is 1.93 bits per heavy atom. The van der Waals surface area contributed by atoms with Crippen molar-refractivity contribution in [2.24, 2.45) is 0 Å². The predicted molar refractivity (Wildman–Crippen MR) is 113 cm³/mol. The van der Waals surface area contributed by atoms with Gasteiger partial charge in [-0.25, -0.2) is 4.39 Å². The number of thioether (sulfide) groups is 2. The lowest BCUT2D eigenvalue weighted by atomic mass is 10.1. The van der Waals surface area contributed by atoms with Crippen LogP contribution in [0.3, 0.4) is 0 Å². The summed E-state index contributed by atoms with van der Waals surface area (Å²) in [6.07, 6.45) is 1.18. The van der Waals surface area contributed by atoms with Gasteiger partial charge in [-0.2, -0.15) is 0 Å². The van der Waals surface area contributed by atoms with Gasteiger partial charge in [-0.3, -0.25) is 9.59 Å². The highest BCUT2D eigenvalue weighted by Crippen LogP contribution is 2.23. The Hall–Kier alpha value is -1.99. The molecule has 2 amide bonds. The van der Waals surface area contributed by atoms with Crippen LogP contribution < -0.4 is 10.6 Å². The molecule has 0 radical (unpaired) electrons. The number of rotatable bonds is 8. The smallest absolute Gasteiger partial charge is 0.243 e. The van der Waals surface area contributed by atoms with Crippen molar-refractivity contribution in [1.29, 1.82) is 0 Å². The summed E-state index contributed by atoms with van der Waals surface area (Å²) in [5.41, 5.74) is 0.522. The van der Waals surface area contributed by atoms with Crippen LogP contribution in [0, 0.1) is 5.82 Å². The molecule has 0 unspecified atom stereocenters. The molecule has 0 spiro atoms. The summed E-state index contributed by atoms with van der Waals surface area (Å²) in [6, 6.07) is 16.1. The van der Waals surface area contributed by atoms with Crippen LogP contribution in [0.5, 0.6) is 0 Å². The summed E-state index contributed by atoms with van der Waals surface area (Å²) in [6.45, 7) is 0.578. The van der Waals surface area contributed by atoms with E-state index in [9.17, 15) is 14.0 Å². The van der Waals surface area contributed by atoms with E-state index in [0.717, 1.165) is 12.2 Å². The lowest BCUT2D eigenvalue weighted by Gasteiger charge is -2.28. The third kappa shape index (κ3) is 6.01. The molecule has 1 heterocycles. The minimum Gasteiger partial charge on any atom is -0.354 e. The average Bonchev–Trinajstić information content (AvgIpc) is 2.71. The van der Waals surface area contributed by atoms with Crippen LogP contribution in [-0.4, -0.2) is 41.2 Å². The van der Waals surface area contributed by atoms with E-state index in [1.807, 2.05) is 18.2 Å². The van der Waals surface area contributed by atoms with Gasteiger partial charge in [0.05, 0.1) is 5.25 Å². The number of amides is 2. The highest BCUT2D eigenvalue weighted by Gasteiger charge is 2.32. The number of hydrogen-bond acceptors (Lipinski definition) is 4. The van der Waals surface area contributed by atoms with Crippen molar-refractivity contribution in [1.82, 2.24) is 10.6 Å². The second kappa shape index (κ2) is 10.5. The number of carbonyl (C=O) groups is 2. The Bertz CT molecular complexity index is 804. The quantitative estimate of drug-likeness (QED) is 0.510. The molecular weight excluding hydrogens is 395 g/mol. The molecule has 1 fully saturated rings. The lowest BCUT2D eigenvalue weighted by Crippen LogP contribution is -2.54. The van der Waals surface area contributed by atoms with Crippen LogP contribution in [0.15, 0.2) is 59.5 Å². The molecule has 1 aliphatic heterocycles. The minimum absolute atomic E-state index is 0.157. The first-order chi connectivity index (χ1) is 13.6. The van der Waals surface area contributed by atoms with E-state index in [4.69, 9.17) is 0 Å². The van der Waals surface area contributed by atoms with Crippen molar-refractivity contribution in [2.45, 2.75) is 29.0 Å². The van der Waals surface area contributed by atoms with Gasteiger partial charge >= 0.3 is 0 Å². The Kier molecular flexibility index (Phi) is 7.80. The van der Waals surface area contributed by atoms with Gasteiger partial charge in [-0.05, 0) is 42.4 Å². The monoisotopic (exact) mass is 418 g/mol. The summed E-state index contributed by atoms with van der Waals surface area (Å²) in [7, 11) is 0. The predicted octanol–water partition coefficient (Wildman–Crippen LogP) is 3.27. The zero-order valence-corrected chi connectivity index (χ0v) is 17.0. The van der Waals surface area contributed by atoms with Crippen LogP contribution in [0.25, 0.3) is 0 Å². The maximum atomic E-state index is 13.8. The minimum atomic E-state index is -0.531. The molecule has 28 heavy (non-hydrogen) atoms. The molecule has 2 aromatic carbocycles. The Balaban J connectivity index is 1.37. The van der Waals surface area contributed by atoms with Crippen LogP contribution in [0.2, 0.25) is 0 Å². The molecular formula is C21H23FN2O2S2. The van der Waals surface area contributed by atoms with Crippen molar-refractivity contribution >= 4 is 35.3 Å². The second-order valence-electron chi connectivity index (χ2n) is 6.48. The molecule has 2 N–H and O–H groups in total. The number of nitrogens with one attached hydrogen (secondary N) is 2. The largest absolute Gasteiger partial charge is 0.354 e. The SMILES string of the molecule is O=C(NCCCSc1ccccc1)[C@H]1CS[C@H](Cc2ccccc2F)C(=O)N1.